The summed E-state index contributed by atoms with van der Waals surface area (Å²) < 4.78 is 5.02. The van der Waals surface area contributed by atoms with Crippen molar-refractivity contribution in [2.75, 3.05) is 13.7 Å². The van der Waals surface area contributed by atoms with Gasteiger partial charge < -0.3 is 25.8 Å². The summed E-state index contributed by atoms with van der Waals surface area (Å²) in [7, 11) is 1.41. The minimum absolute atomic E-state index is 0.0279. The number of aromatic hydroxyl groups is 1. The van der Waals surface area contributed by atoms with E-state index in [0.29, 0.717) is 12.0 Å². The quantitative estimate of drug-likeness (QED) is 0.246. The minimum atomic E-state index is -0.928. The molecule has 0 saturated heterocycles. The average Bonchev–Trinajstić information content (AvgIpc) is 2.87. The topological polar surface area (TPSA) is 151 Å². The Morgan fingerprint density at radius 2 is 1.76 bits per heavy atom. The van der Waals surface area contributed by atoms with Gasteiger partial charge in [0, 0.05) is 25.3 Å². The molecule has 0 bridgehead atoms. The van der Waals surface area contributed by atoms with Gasteiger partial charge in [0.2, 0.25) is 17.7 Å². The van der Waals surface area contributed by atoms with Gasteiger partial charge in [0.25, 0.3) is 0 Å². The number of phenolic OH excluding ortho intramolecular Hbond substituents is 1. The fourth-order valence-corrected chi connectivity index (χ4v) is 3.49. The Labute approximate surface area is 218 Å². The van der Waals surface area contributed by atoms with Gasteiger partial charge in [0.1, 0.15) is 11.8 Å². The minimum Gasteiger partial charge on any atom is -0.504 e. The number of rotatable bonds is 16. The molecule has 3 amide bonds. The molecule has 1 rings (SSSR count). The van der Waals surface area contributed by atoms with Gasteiger partial charge in [0.15, 0.2) is 17.3 Å². The van der Waals surface area contributed by atoms with Crippen LogP contribution in [-0.2, 0) is 24.0 Å². The maximum atomic E-state index is 12.9. The molecule has 2 atom stereocenters. The summed E-state index contributed by atoms with van der Waals surface area (Å²) in [5, 5.41) is 17.4. The maximum absolute atomic E-state index is 12.9. The molecule has 0 unspecified atom stereocenters. The number of benzene rings is 1. The number of carbonyl (C=O) groups is 5. The first kappa shape index (κ1) is 31.3. The molecular weight excluding hydrogens is 478 g/mol. The summed E-state index contributed by atoms with van der Waals surface area (Å²) in [4.78, 5) is 61.7. The van der Waals surface area contributed by atoms with Crippen molar-refractivity contribution in [1.29, 1.82) is 0 Å². The molecule has 0 aliphatic carbocycles. The van der Waals surface area contributed by atoms with Crippen LogP contribution in [0.4, 0.5) is 0 Å². The van der Waals surface area contributed by atoms with Crippen molar-refractivity contribution in [1.82, 2.24) is 16.0 Å². The summed E-state index contributed by atoms with van der Waals surface area (Å²) in [6, 6.07) is 2.84. The monoisotopic (exact) mass is 517 g/mol. The van der Waals surface area contributed by atoms with Crippen molar-refractivity contribution in [2.24, 2.45) is 5.92 Å². The second kappa shape index (κ2) is 16.1. The van der Waals surface area contributed by atoms with E-state index < -0.39 is 29.8 Å². The molecule has 0 aliphatic rings. The van der Waals surface area contributed by atoms with Crippen LogP contribution in [0, 0.1) is 5.92 Å². The van der Waals surface area contributed by atoms with Crippen LogP contribution in [-0.4, -0.2) is 60.1 Å². The molecule has 0 fully saturated rings. The number of hydrogen-bond acceptors (Lipinski definition) is 7. The molecule has 1 aromatic rings. The van der Waals surface area contributed by atoms with Crippen LogP contribution >= 0.6 is 0 Å². The van der Waals surface area contributed by atoms with Crippen molar-refractivity contribution < 1.29 is 33.8 Å². The molecule has 0 heterocycles. The predicted molar refractivity (Wildman–Crippen MR) is 140 cm³/mol. The van der Waals surface area contributed by atoms with Crippen molar-refractivity contribution >= 4 is 35.4 Å². The first-order valence-electron chi connectivity index (χ1n) is 12.5. The lowest BCUT2D eigenvalue weighted by atomic mass is 9.99. The van der Waals surface area contributed by atoms with Crippen LogP contribution < -0.4 is 20.7 Å². The second-order valence-corrected chi connectivity index (χ2v) is 8.98. The molecule has 4 N–H and O–H groups in total. The Morgan fingerprint density at radius 1 is 1.05 bits per heavy atom. The Bertz CT molecular complexity index is 988. The van der Waals surface area contributed by atoms with E-state index in [9.17, 15) is 29.1 Å². The fourth-order valence-electron chi connectivity index (χ4n) is 3.49. The van der Waals surface area contributed by atoms with Crippen LogP contribution in [0.3, 0.4) is 0 Å². The van der Waals surface area contributed by atoms with Crippen LogP contribution in [0.5, 0.6) is 11.5 Å². The Morgan fingerprint density at radius 3 is 2.35 bits per heavy atom. The van der Waals surface area contributed by atoms with Gasteiger partial charge in [0.05, 0.1) is 19.7 Å². The zero-order chi connectivity index (χ0) is 28.0. The number of nitrogens with one attached hydrogen (secondary N) is 3. The van der Waals surface area contributed by atoms with Gasteiger partial charge in [-0.1, -0.05) is 33.8 Å². The van der Waals surface area contributed by atoms with Crippen molar-refractivity contribution in [3.8, 4) is 11.5 Å². The molecule has 204 valence electrons. The third-order valence-corrected chi connectivity index (χ3v) is 5.61. The molecule has 10 heteroatoms. The van der Waals surface area contributed by atoms with E-state index in [1.165, 1.54) is 25.3 Å². The summed E-state index contributed by atoms with van der Waals surface area (Å²) in [5.74, 6) is -1.83. The lowest BCUT2D eigenvalue weighted by molar-refractivity contribution is -0.132. The highest BCUT2D eigenvalue weighted by Gasteiger charge is 2.28. The number of ether oxygens (including phenoxy) is 1. The van der Waals surface area contributed by atoms with Crippen LogP contribution in [0.2, 0.25) is 0 Å². The van der Waals surface area contributed by atoms with Gasteiger partial charge in [-0.05, 0) is 42.5 Å². The number of ketones is 2. The van der Waals surface area contributed by atoms with E-state index in [0.717, 1.165) is 6.42 Å². The molecular formula is C27H39N3O7. The smallest absolute Gasteiger partial charge is 0.244 e. The zero-order valence-corrected chi connectivity index (χ0v) is 22.3. The number of amides is 3. The standard InChI is InChI=1S/C27H39N3O7/c1-6-8-19(31)11-12-20(21(32)7-2)29-27(36)26(17(3)4)30-25(35)16-28-24(34)14-10-18-9-13-22(33)23(15-18)37-5/h9-10,13-15,17,20,26,33H,6-8,11-12,16H2,1-5H3,(H,28,34)(H,29,36)(H,30,35)/b14-10+/t20-,26-/m1/s1. The highest BCUT2D eigenvalue weighted by molar-refractivity contribution is 5.96. The van der Waals surface area contributed by atoms with E-state index in [2.05, 4.69) is 16.0 Å². The van der Waals surface area contributed by atoms with Crippen molar-refractivity contribution in [3.63, 3.8) is 0 Å². The predicted octanol–water partition coefficient (Wildman–Crippen LogP) is 2.28. The van der Waals surface area contributed by atoms with E-state index in [-0.39, 0.29) is 54.8 Å². The lowest BCUT2D eigenvalue weighted by Gasteiger charge is -2.25. The fraction of sp³-hybridized carbons (Fsp3) is 0.519. The summed E-state index contributed by atoms with van der Waals surface area (Å²) in [6.07, 6.45) is 4.49. The average molecular weight is 518 g/mol. The van der Waals surface area contributed by atoms with Crippen LogP contribution in [0.1, 0.15) is 65.4 Å². The molecule has 0 spiro atoms. The number of Topliss-reactive ketones (excluding diaryl/α,β-unsaturated/α-hetero) is 2. The highest BCUT2D eigenvalue weighted by Crippen LogP contribution is 2.26. The molecule has 0 saturated carbocycles. The normalized spacial score (nSPS) is 12.6. The van der Waals surface area contributed by atoms with E-state index in [1.807, 2.05) is 6.92 Å². The lowest BCUT2D eigenvalue weighted by Crippen LogP contribution is -2.55. The molecule has 1 aromatic carbocycles. The highest BCUT2D eigenvalue weighted by atomic mass is 16.5. The van der Waals surface area contributed by atoms with Gasteiger partial charge in [-0.25, -0.2) is 0 Å². The molecule has 10 nitrogen and oxygen atoms in total. The van der Waals surface area contributed by atoms with Gasteiger partial charge in [-0.15, -0.1) is 0 Å². The second-order valence-electron chi connectivity index (χ2n) is 8.98. The van der Waals surface area contributed by atoms with Gasteiger partial charge in [-0.3, -0.25) is 24.0 Å². The molecule has 37 heavy (non-hydrogen) atoms. The summed E-state index contributed by atoms with van der Waals surface area (Å²) in [6.45, 7) is 6.72. The van der Waals surface area contributed by atoms with Crippen LogP contribution in [0.15, 0.2) is 24.3 Å². The largest absolute Gasteiger partial charge is 0.504 e. The summed E-state index contributed by atoms with van der Waals surface area (Å²) >= 11 is 0. The molecule has 0 aromatic heterocycles. The van der Waals surface area contributed by atoms with Crippen LogP contribution in [0.25, 0.3) is 6.08 Å². The van der Waals surface area contributed by atoms with E-state index in [4.69, 9.17) is 4.74 Å². The Balaban J connectivity index is 2.69. The third kappa shape index (κ3) is 11.3. The van der Waals surface area contributed by atoms with E-state index >= 15 is 0 Å². The van der Waals surface area contributed by atoms with E-state index in [1.54, 1.807) is 32.9 Å². The number of carbonyl (C=O) groups excluding carboxylic acids is 5. The molecule has 0 radical (unpaired) electrons. The van der Waals surface area contributed by atoms with Crippen molar-refractivity contribution in [3.05, 3.63) is 29.8 Å². The Kier molecular flexibility index (Phi) is 13.7. The summed E-state index contributed by atoms with van der Waals surface area (Å²) in [5.41, 5.74) is 0.610. The number of methoxy groups -OCH3 is 1. The van der Waals surface area contributed by atoms with Gasteiger partial charge >= 0.3 is 0 Å². The first-order valence-corrected chi connectivity index (χ1v) is 12.5. The Hall–Kier alpha value is -3.69. The first-order chi connectivity index (χ1) is 17.5. The maximum Gasteiger partial charge on any atom is 0.244 e. The SMILES string of the molecule is CCCC(=O)CC[C@@H](NC(=O)[C@H](NC(=O)CNC(=O)/C=C/c1ccc(O)c(OC)c1)C(C)C)C(=O)CC. The number of phenols is 1. The van der Waals surface area contributed by atoms with Crippen molar-refractivity contribution in [2.45, 2.75) is 71.9 Å². The zero-order valence-electron chi connectivity index (χ0n) is 22.3. The third-order valence-electron chi connectivity index (χ3n) is 5.61. The number of hydrogen-bond donors (Lipinski definition) is 4. The van der Waals surface area contributed by atoms with Gasteiger partial charge in [-0.2, -0.15) is 0 Å². The molecule has 0 aliphatic heterocycles.